The molecule has 0 unspecified atom stereocenters. The third-order valence-electron chi connectivity index (χ3n) is 3.67. The molecule has 0 amide bonds. The highest BCUT2D eigenvalue weighted by Crippen LogP contribution is 2.16. The molecule has 6 nitrogen and oxygen atoms in total. The van der Waals surface area contributed by atoms with Gasteiger partial charge in [0, 0.05) is 32.0 Å². The van der Waals surface area contributed by atoms with E-state index in [-0.39, 0.29) is 0 Å². The lowest BCUT2D eigenvalue weighted by atomic mass is 10.2. The van der Waals surface area contributed by atoms with Gasteiger partial charge in [-0.25, -0.2) is 8.42 Å². The van der Waals surface area contributed by atoms with Gasteiger partial charge < -0.3 is 15.4 Å². The van der Waals surface area contributed by atoms with Gasteiger partial charge in [-0.3, -0.25) is 4.99 Å². The molecular weight excluding hydrogens is 338 g/mol. The van der Waals surface area contributed by atoms with Crippen molar-refractivity contribution >= 4 is 15.8 Å². The highest BCUT2D eigenvalue weighted by molar-refractivity contribution is 7.90. The van der Waals surface area contributed by atoms with E-state index in [0.717, 1.165) is 16.9 Å². The van der Waals surface area contributed by atoms with Crippen molar-refractivity contribution in [2.45, 2.75) is 18.0 Å². The van der Waals surface area contributed by atoms with E-state index in [9.17, 15) is 8.42 Å². The Morgan fingerprint density at radius 3 is 2.28 bits per heavy atom. The van der Waals surface area contributed by atoms with Gasteiger partial charge >= 0.3 is 0 Å². The van der Waals surface area contributed by atoms with E-state index in [1.165, 1.54) is 6.26 Å². The minimum absolute atomic E-state index is 0.315. The standard InChI is InChI=1S/C18H23N3O3S/c1-19-18(21-13-15-6-4-5-7-17(15)24-2)20-12-14-8-10-16(11-9-14)25(3,22)23/h4-11H,12-13H2,1-3H3,(H2,19,20,21). The summed E-state index contributed by atoms with van der Waals surface area (Å²) in [4.78, 5) is 4.50. The number of sulfone groups is 1. The fourth-order valence-corrected chi connectivity index (χ4v) is 2.92. The van der Waals surface area contributed by atoms with Crippen LogP contribution in [0, 0.1) is 0 Å². The number of guanidine groups is 1. The number of nitrogens with one attached hydrogen (secondary N) is 2. The number of nitrogens with zero attached hydrogens (tertiary/aromatic N) is 1. The maximum absolute atomic E-state index is 11.5. The Labute approximate surface area is 148 Å². The first kappa shape index (κ1) is 18.8. The molecule has 0 aliphatic carbocycles. The number of benzene rings is 2. The Hall–Kier alpha value is -2.54. The average molecular weight is 361 g/mol. The highest BCUT2D eigenvalue weighted by atomic mass is 32.2. The monoisotopic (exact) mass is 361 g/mol. The van der Waals surface area contributed by atoms with Crippen molar-refractivity contribution in [1.82, 2.24) is 10.6 Å². The molecule has 0 fully saturated rings. The van der Waals surface area contributed by atoms with Crippen molar-refractivity contribution in [2.75, 3.05) is 20.4 Å². The van der Waals surface area contributed by atoms with Gasteiger partial charge in [0.2, 0.25) is 0 Å². The molecule has 134 valence electrons. The second-order valence-corrected chi connectivity index (χ2v) is 7.52. The molecule has 7 heteroatoms. The van der Waals surface area contributed by atoms with Gasteiger partial charge in [0.15, 0.2) is 15.8 Å². The first-order valence-electron chi connectivity index (χ1n) is 7.79. The van der Waals surface area contributed by atoms with Crippen LogP contribution in [0.25, 0.3) is 0 Å². The molecule has 0 heterocycles. The predicted molar refractivity (Wildman–Crippen MR) is 99.6 cm³/mol. The zero-order valence-corrected chi connectivity index (χ0v) is 15.4. The number of rotatable bonds is 6. The molecule has 0 radical (unpaired) electrons. The Kier molecular flexibility index (Phi) is 6.41. The lowest BCUT2D eigenvalue weighted by Gasteiger charge is -2.14. The van der Waals surface area contributed by atoms with Gasteiger partial charge in [0.05, 0.1) is 12.0 Å². The third-order valence-corrected chi connectivity index (χ3v) is 4.80. The number of hydrogen-bond donors (Lipinski definition) is 2. The van der Waals surface area contributed by atoms with E-state index in [1.54, 1.807) is 38.4 Å². The van der Waals surface area contributed by atoms with Crippen LogP contribution in [-0.4, -0.2) is 34.8 Å². The van der Waals surface area contributed by atoms with Crippen molar-refractivity contribution in [3.05, 3.63) is 59.7 Å². The summed E-state index contributed by atoms with van der Waals surface area (Å²) in [5.74, 6) is 1.47. The van der Waals surface area contributed by atoms with Crippen molar-refractivity contribution in [3.8, 4) is 5.75 Å². The second-order valence-electron chi connectivity index (χ2n) is 5.51. The molecule has 0 aliphatic heterocycles. The van der Waals surface area contributed by atoms with Crippen LogP contribution < -0.4 is 15.4 Å². The Balaban J connectivity index is 1.92. The lowest BCUT2D eigenvalue weighted by Crippen LogP contribution is -2.36. The average Bonchev–Trinajstić information content (AvgIpc) is 2.61. The summed E-state index contributed by atoms with van der Waals surface area (Å²) in [7, 11) is 0.174. The molecule has 2 N–H and O–H groups in total. The van der Waals surface area contributed by atoms with Crippen LogP contribution in [0.2, 0.25) is 0 Å². The van der Waals surface area contributed by atoms with E-state index >= 15 is 0 Å². The number of para-hydroxylation sites is 1. The van der Waals surface area contributed by atoms with Gasteiger partial charge in [-0.2, -0.15) is 0 Å². The topological polar surface area (TPSA) is 79.8 Å². The maximum Gasteiger partial charge on any atom is 0.191 e. The summed E-state index contributed by atoms with van der Waals surface area (Å²) in [6, 6.07) is 14.6. The molecule has 2 aromatic carbocycles. The smallest absolute Gasteiger partial charge is 0.191 e. The van der Waals surface area contributed by atoms with Crippen molar-refractivity contribution in [1.29, 1.82) is 0 Å². The zero-order valence-electron chi connectivity index (χ0n) is 14.6. The van der Waals surface area contributed by atoms with Crippen LogP contribution in [0.4, 0.5) is 0 Å². The zero-order chi connectivity index (χ0) is 18.3. The van der Waals surface area contributed by atoms with Gasteiger partial charge in [-0.1, -0.05) is 30.3 Å². The molecule has 0 saturated carbocycles. The molecular formula is C18H23N3O3S. The summed E-state index contributed by atoms with van der Waals surface area (Å²) in [6.45, 7) is 1.12. The fourth-order valence-electron chi connectivity index (χ4n) is 2.29. The summed E-state index contributed by atoms with van der Waals surface area (Å²) in [5, 5.41) is 6.43. The summed E-state index contributed by atoms with van der Waals surface area (Å²) < 4.78 is 28.3. The number of hydrogen-bond acceptors (Lipinski definition) is 4. The molecule has 25 heavy (non-hydrogen) atoms. The number of methoxy groups -OCH3 is 1. The van der Waals surface area contributed by atoms with Gasteiger partial charge in [-0.05, 0) is 23.8 Å². The Morgan fingerprint density at radius 2 is 1.68 bits per heavy atom. The molecule has 2 rings (SSSR count). The van der Waals surface area contributed by atoms with Crippen LogP contribution in [-0.2, 0) is 22.9 Å². The molecule has 0 atom stereocenters. The van der Waals surface area contributed by atoms with Crippen LogP contribution in [0.15, 0.2) is 58.4 Å². The van der Waals surface area contributed by atoms with Crippen LogP contribution in [0.3, 0.4) is 0 Å². The second kappa shape index (κ2) is 8.53. The normalized spacial score (nSPS) is 11.9. The van der Waals surface area contributed by atoms with E-state index in [4.69, 9.17) is 4.74 Å². The number of aliphatic imine (C=N–C) groups is 1. The van der Waals surface area contributed by atoms with Crippen LogP contribution in [0.1, 0.15) is 11.1 Å². The predicted octanol–water partition coefficient (Wildman–Crippen LogP) is 1.96. The SMILES string of the molecule is CN=C(NCc1ccc(S(C)(=O)=O)cc1)NCc1ccccc1OC. The number of ether oxygens (including phenoxy) is 1. The van der Waals surface area contributed by atoms with Gasteiger partial charge in [0.1, 0.15) is 5.75 Å². The van der Waals surface area contributed by atoms with Gasteiger partial charge in [0.25, 0.3) is 0 Å². The Bertz CT molecular complexity index is 831. The lowest BCUT2D eigenvalue weighted by molar-refractivity contribution is 0.409. The van der Waals surface area contributed by atoms with Crippen molar-refractivity contribution in [2.24, 2.45) is 4.99 Å². The molecule has 2 aromatic rings. The van der Waals surface area contributed by atoms with E-state index in [1.807, 2.05) is 24.3 Å². The first-order chi connectivity index (χ1) is 11.9. The minimum Gasteiger partial charge on any atom is -0.496 e. The van der Waals surface area contributed by atoms with E-state index < -0.39 is 9.84 Å². The van der Waals surface area contributed by atoms with Gasteiger partial charge in [-0.15, -0.1) is 0 Å². The summed E-state index contributed by atoms with van der Waals surface area (Å²) in [6.07, 6.45) is 1.20. The quantitative estimate of drug-likeness (QED) is 0.607. The minimum atomic E-state index is -3.17. The fraction of sp³-hybridized carbons (Fsp3) is 0.278. The largest absolute Gasteiger partial charge is 0.496 e. The third kappa shape index (κ3) is 5.49. The summed E-state index contributed by atoms with van der Waals surface area (Å²) in [5.41, 5.74) is 2.00. The maximum atomic E-state index is 11.5. The highest BCUT2D eigenvalue weighted by Gasteiger charge is 2.07. The molecule has 0 saturated heterocycles. The van der Waals surface area contributed by atoms with Crippen molar-refractivity contribution < 1.29 is 13.2 Å². The molecule has 0 spiro atoms. The molecule has 0 aromatic heterocycles. The molecule has 0 aliphatic rings. The first-order valence-corrected chi connectivity index (χ1v) is 9.68. The van der Waals surface area contributed by atoms with Crippen molar-refractivity contribution in [3.63, 3.8) is 0 Å². The van der Waals surface area contributed by atoms with E-state index in [0.29, 0.717) is 23.9 Å². The van der Waals surface area contributed by atoms with Crippen LogP contribution in [0.5, 0.6) is 5.75 Å². The summed E-state index contributed by atoms with van der Waals surface area (Å²) >= 11 is 0. The van der Waals surface area contributed by atoms with Crippen LogP contribution >= 0.6 is 0 Å². The molecule has 0 bridgehead atoms. The Morgan fingerprint density at radius 1 is 1.04 bits per heavy atom. The van der Waals surface area contributed by atoms with E-state index in [2.05, 4.69) is 15.6 Å².